The molecule has 0 aliphatic carbocycles. The number of benzene rings is 1. The van der Waals surface area contributed by atoms with Crippen LogP contribution in [-0.2, 0) is 10.0 Å². The normalized spacial score (nSPS) is 11.7. The summed E-state index contributed by atoms with van der Waals surface area (Å²) >= 11 is 1.45. The van der Waals surface area contributed by atoms with Crippen molar-refractivity contribution < 1.29 is 17.5 Å². The number of nitrogens with zero attached hydrogens (tertiary/aromatic N) is 2. The Morgan fingerprint density at radius 1 is 1.17 bits per heavy atom. The van der Waals surface area contributed by atoms with Crippen LogP contribution in [0.5, 0.6) is 5.75 Å². The third-order valence-electron chi connectivity index (χ3n) is 2.90. The van der Waals surface area contributed by atoms with Crippen molar-refractivity contribution in [2.75, 3.05) is 26.5 Å². The first-order valence-corrected chi connectivity index (χ1v) is 9.22. The quantitative estimate of drug-likeness (QED) is 0.564. The minimum absolute atomic E-state index is 0.161. The maximum atomic E-state index is 12.7. The van der Waals surface area contributed by atoms with Crippen molar-refractivity contribution in [2.45, 2.75) is 9.92 Å². The van der Waals surface area contributed by atoms with Crippen LogP contribution in [-0.4, -0.2) is 44.2 Å². The molecule has 23 heavy (non-hydrogen) atoms. The Hall–Kier alpha value is -1.64. The van der Waals surface area contributed by atoms with Crippen LogP contribution in [0.25, 0.3) is 0 Å². The molecule has 0 atom stereocenters. The predicted octanol–water partition coefficient (Wildman–Crippen LogP) is 2.64. The van der Waals surface area contributed by atoms with E-state index in [1.54, 1.807) is 18.2 Å². The molecule has 1 aromatic carbocycles. The first-order chi connectivity index (χ1) is 10.9. The highest BCUT2D eigenvalue weighted by atomic mass is 32.2. The molecule has 124 valence electrons. The lowest BCUT2D eigenvalue weighted by atomic mass is 10.3. The monoisotopic (exact) mass is 356 g/mol. The molecule has 1 heterocycles. The number of rotatable bonds is 7. The first kappa shape index (κ1) is 17.7. The Morgan fingerprint density at radius 2 is 1.87 bits per heavy atom. The van der Waals surface area contributed by atoms with E-state index < -0.39 is 10.0 Å². The van der Waals surface area contributed by atoms with Gasteiger partial charge in [-0.1, -0.05) is 0 Å². The van der Waals surface area contributed by atoms with Crippen LogP contribution in [0, 0.1) is 5.82 Å². The average Bonchev–Trinajstić information content (AvgIpc) is 2.53. The molecule has 2 rings (SSSR count). The molecule has 0 fully saturated rings. The zero-order chi connectivity index (χ0) is 16.9. The summed E-state index contributed by atoms with van der Waals surface area (Å²) in [6.07, 6.45) is 1.35. The van der Waals surface area contributed by atoms with Gasteiger partial charge in [-0.15, -0.1) is 11.8 Å². The number of pyridine rings is 1. The van der Waals surface area contributed by atoms with Gasteiger partial charge in [-0.25, -0.2) is 22.1 Å². The second-order valence-electron chi connectivity index (χ2n) is 4.77. The zero-order valence-electron chi connectivity index (χ0n) is 12.8. The number of hydrogen-bond acceptors (Lipinski definition) is 5. The van der Waals surface area contributed by atoms with Crippen molar-refractivity contribution in [3.8, 4) is 5.75 Å². The molecule has 0 saturated carbocycles. The standard InChI is InChI=1S/C15H17FN2O3S2/c1-18(2)23(19,20)14-7-8-15(17-11-14)22-10-9-21-13-5-3-12(16)4-6-13/h3-8,11H,9-10H2,1-2H3. The third-order valence-corrected chi connectivity index (χ3v) is 5.61. The Morgan fingerprint density at radius 3 is 2.43 bits per heavy atom. The Balaban J connectivity index is 1.84. The number of sulfonamides is 1. The largest absolute Gasteiger partial charge is 0.493 e. The lowest BCUT2D eigenvalue weighted by Gasteiger charge is -2.11. The highest BCUT2D eigenvalue weighted by molar-refractivity contribution is 7.99. The van der Waals surface area contributed by atoms with Crippen molar-refractivity contribution in [1.82, 2.24) is 9.29 Å². The summed E-state index contributed by atoms with van der Waals surface area (Å²) in [7, 11) is -0.498. The summed E-state index contributed by atoms with van der Waals surface area (Å²) in [5.41, 5.74) is 0. The van der Waals surface area contributed by atoms with Gasteiger partial charge in [-0.2, -0.15) is 0 Å². The van der Waals surface area contributed by atoms with Crippen LogP contribution in [0.1, 0.15) is 0 Å². The SMILES string of the molecule is CN(C)S(=O)(=O)c1ccc(SCCOc2ccc(F)cc2)nc1. The Labute approximate surface area is 139 Å². The lowest BCUT2D eigenvalue weighted by molar-refractivity contribution is 0.343. The number of hydrogen-bond donors (Lipinski definition) is 0. The predicted molar refractivity (Wildman–Crippen MR) is 87.7 cm³/mol. The fourth-order valence-corrected chi connectivity index (χ4v) is 3.17. The van der Waals surface area contributed by atoms with Gasteiger partial charge in [0.05, 0.1) is 11.6 Å². The maximum Gasteiger partial charge on any atom is 0.244 e. The van der Waals surface area contributed by atoms with E-state index in [1.165, 1.54) is 50.3 Å². The molecule has 0 saturated heterocycles. The number of ether oxygens (including phenoxy) is 1. The van der Waals surface area contributed by atoms with Crippen LogP contribution >= 0.6 is 11.8 Å². The molecular weight excluding hydrogens is 339 g/mol. The molecule has 0 aliphatic heterocycles. The van der Waals surface area contributed by atoms with Crippen LogP contribution in [0.4, 0.5) is 4.39 Å². The second kappa shape index (κ2) is 7.76. The van der Waals surface area contributed by atoms with Crippen LogP contribution in [0.2, 0.25) is 0 Å². The summed E-state index contributed by atoms with van der Waals surface area (Å²) in [4.78, 5) is 4.30. The van der Waals surface area contributed by atoms with Gasteiger partial charge in [0.1, 0.15) is 16.5 Å². The molecule has 2 aromatic rings. The van der Waals surface area contributed by atoms with Crippen molar-refractivity contribution in [3.05, 3.63) is 48.4 Å². The minimum atomic E-state index is -3.45. The van der Waals surface area contributed by atoms with Crippen LogP contribution in [0.15, 0.2) is 52.5 Å². The van der Waals surface area contributed by atoms with Gasteiger partial charge >= 0.3 is 0 Å². The lowest BCUT2D eigenvalue weighted by Crippen LogP contribution is -2.22. The summed E-state index contributed by atoms with van der Waals surface area (Å²) < 4.78 is 43.2. The minimum Gasteiger partial charge on any atom is -0.493 e. The van der Waals surface area contributed by atoms with Crippen molar-refractivity contribution in [3.63, 3.8) is 0 Å². The molecule has 0 spiro atoms. The molecule has 0 radical (unpaired) electrons. The van der Waals surface area contributed by atoms with E-state index in [4.69, 9.17) is 4.74 Å². The van der Waals surface area contributed by atoms with Gasteiger partial charge < -0.3 is 4.74 Å². The Kier molecular flexibility index (Phi) is 5.97. The van der Waals surface area contributed by atoms with Gasteiger partial charge in [0.15, 0.2) is 0 Å². The van der Waals surface area contributed by atoms with Gasteiger partial charge in [0.2, 0.25) is 10.0 Å². The zero-order valence-corrected chi connectivity index (χ0v) is 14.4. The smallest absolute Gasteiger partial charge is 0.244 e. The van der Waals surface area contributed by atoms with E-state index in [1.807, 2.05) is 0 Å². The first-order valence-electron chi connectivity index (χ1n) is 6.79. The molecule has 8 heteroatoms. The third kappa shape index (κ3) is 4.92. The van der Waals surface area contributed by atoms with Gasteiger partial charge in [0, 0.05) is 26.0 Å². The summed E-state index contributed by atoms with van der Waals surface area (Å²) in [5, 5.41) is 0.713. The second-order valence-corrected chi connectivity index (χ2v) is 8.04. The maximum absolute atomic E-state index is 12.7. The van der Waals surface area contributed by atoms with E-state index in [-0.39, 0.29) is 10.7 Å². The van der Waals surface area contributed by atoms with Gasteiger partial charge in [-0.3, -0.25) is 0 Å². The van der Waals surface area contributed by atoms with Crippen molar-refractivity contribution in [2.24, 2.45) is 0 Å². The average molecular weight is 356 g/mol. The number of thioether (sulfide) groups is 1. The molecule has 0 amide bonds. The fourth-order valence-electron chi connectivity index (χ4n) is 1.65. The van der Waals surface area contributed by atoms with Crippen molar-refractivity contribution >= 4 is 21.8 Å². The van der Waals surface area contributed by atoms with Gasteiger partial charge in [0.25, 0.3) is 0 Å². The van der Waals surface area contributed by atoms with Gasteiger partial charge in [-0.05, 0) is 36.4 Å². The van der Waals surface area contributed by atoms with E-state index in [9.17, 15) is 12.8 Å². The molecule has 0 N–H and O–H groups in total. The molecule has 5 nitrogen and oxygen atoms in total. The highest BCUT2D eigenvalue weighted by Gasteiger charge is 2.17. The highest BCUT2D eigenvalue weighted by Crippen LogP contribution is 2.19. The number of aromatic nitrogens is 1. The topological polar surface area (TPSA) is 59.5 Å². The van der Waals surface area contributed by atoms with E-state index in [0.717, 1.165) is 4.31 Å². The molecule has 0 bridgehead atoms. The van der Waals surface area contributed by atoms with E-state index in [2.05, 4.69) is 4.98 Å². The van der Waals surface area contributed by atoms with E-state index in [0.29, 0.717) is 23.1 Å². The summed E-state index contributed by atoms with van der Waals surface area (Å²) in [6.45, 7) is 0.440. The fraction of sp³-hybridized carbons (Fsp3) is 0.267. The molecule has 1 aromatic heterocycles. The Bertz CT molecular complexity index is 732. The molecule has 0 unspecified atom stereocenters. The van der Waals surface area contributed by atoms with Crippen LogP contribution < -0.4 is 4.74 Å². The van der Waals surface area contributed by atoms with E-state index >= 15 is 0 Å². The summed E-state index contributed by atoms with van der Waals surface area (Å²) in [5.74, 6) is 0.945. The number of halogens is 1. The molecular formula is C15H17FN2O3S2. The summed E-state index contributed by atoms with van der Waals surface area (Å²) in [6, 6.07) is 9.02. The van der Waals surface area contributed by atoms with Crippen molar-refractivity contribution in [1.29, 1.82) is 0 Å². The van der Waals surface area contributed by atoms with Crippen LogP contribution in [0.3, 0.4) is 0 Å². The molecule has 0 aliphatic rings.